The summed E-state index contributed by atoms with van der Waals surface area (Å²) in [6.07, 6.45) is 1.64. The molecule has 4 aromatic rings. The number of carbonyl (C=O) groups is 1. The lowest BCUT2D eigenvalue weighted by Gasteiger charge is -2.08. The van der Waals surface area contributed by atoms with Gasteiger partial charge in [0.25, 0.3) is 5.91 Å². The minimum Gasteiger partial charge on any atom is -0.350 e. The Kier molecular flexibility index (Phi) is 5.08. The SMILES string of the molecule is N#Cc1ccccc1C(=O)n1nc(-c2ccccn2)nc1NCc1ccccc1. The minimum atomic E-state index is -0.438. The standard InChI is InChI=1S/C22H16N6O/c23-14-17-10-4-5-11-18(17)21(29)28-22(25-15-16-8-2-1-3-9-16)26-20(27-28)19-12-6-7-13-24-19/h1-13H,15H2,(H,25,26,27). The summed E-state index contributed by atoms with van der Waals surface area (Å²) in [6.45, 7) is 0.467. The zero-order chi connectivity index (χ0) is 20.1. The first-order chi connectivity index (χ1) is 14.3. The van der Waals surface area contributed by atoms with Gasteiger partial charge in [0.1, 0.15) is 5.69 Å². The van der Waals surface area contributed by atoms with Gasteiger partial charge in [-0.15, -0.1) is 5.10 Å². The summed E-state index contributed by atoms with van der Waals surface area (Å²) < 4.78 is 1.18. The number of anilines is 1. The Morgan fingerprint density at radius 1 is 1.00 bits per heavy atom. The molecule has 140 valence electrons. The highest BCUT2D eigenvalue weighted by atomic mass is 16.2. The quantitative estimate of drug-likeness (QED) is 0.569. The van der Waals surface area contributed by atoms with E-state index >= 15 is 0 Å². The molecule has 1 N–H and O–H groups in total. The van der Waals surface area contributed by atoms with E-state index in [4.69, 9.17) is 0 Å². The van der Waals surface area contributed by atoms with Crippen LogP contribution in [0.1, 0.15) is 21.5 Å². The Morgan fingerprint density at radius 2 is 1.76 bits per heavy atom. The Morgan fingerprint density at radius 3 is 2.52 bits per heavy atom. The van der Waals surface area contributed by atoms with Crippen LogP contribution in [0.25, 0.3) is 11.5 Å². The number of hydrogen-bond donors (Lipinski definition) is 1. The monoisotopic (exact) mass is 380 g/mol. The van der Waals surface area contributed by atoms with Gasteiger partial charge in [-0.05, 0) is 29.8 Å². The molecule has 0 aliphatic carbocycles. The molecule has 0 spiro atoms. The average molecular weight is 380 g/mol. The van der Waals surface area contributed by atoms with E-state index in [1.165, 1.54) is 4.68 Å². The largest absolute Gasteiger partial charge is 0.350 e. The fraction of sp³-hybridized carbons (Fsp3) is 0.0455. The number of nitriles is 1. The maximum atomic E-state index is 13.2. The van der Waals surface area contributed by atoms with Crippen molar-refractivity contribution in [2.75, 3.05) is 5.32 Å². The molecule has 4 rings (SSSR count). The molecule has 0 saturated heterocycles. The van der Waals surface area contributed by atoms with E-state index in [1.807, 2.05) is 42.5 Å². The van der Waals surface area contributed by atoms with Crippen LogP contribution >= 0.6 is 0 Å². The predicted octanol–water partition coefficient (Wildman–Crippen LogP) is 3.51. The zero-order valence-corrected chi connectivity index (χ0v) is 15.4. The van der Waals surface area contributed by atoms with Gasteiger partial charge in [0.2, 0.25) is 11.8 Å². The van der Waals surface area contributed by atoms with Gasteiger partial charge in [-0.2, -0.15) is 14.9 Å². The van der Waals surface area contributed by atoms with Crippen molar-refractivity contribution in [3.05, 3.63) is 95.7 Å². The van der Waals surface area contributed by atoms with Gasteiger partial charge in [0.05, 0.1) is 17.2 Å². The molecule has 7 heteroatoms. The van der Waals surface area contributed by atoms with E-state index in [0.717, 1.165) is 5.56 Å². The first-order valence-corrected chi connectivity index (χ1v) is 8.96. The van der Waals surface area contributed by atoms with Crippen molar-refractivity contribution in [3.8, 4) is 17.6 Å². The third-order valence-electron chi connectivity index (χ3n) is 4.26. The van der Waals surface area contributed by atoms with E-state index in [2.05, 4.69) is 20.4 Å². The van der Waals surface area contributed by atoms with Crippen LogP contribution in [-0.4, -0.2) is 25.7 Å². The second-order valence-electron chi connectivity index (χ2n) is 6.19. The van der Waals surface area contributed by atoms with E-state index in [9.17, 15) is 10.1 Å². The molecule has 2 aromatic carbocycles. The van der Waals surface area contributed by atoms with Gasteiger partial charge in [0.15, 0.2) is 0 Å². The van der Waals surface area contributed by atoms with Crippen LogP contribution in [-0.2, 0) is 6.54 Å². The van der Waals surface area contributed by atoms with Crippen molar-refractivity contribution in [3.63, 3.8) is 0 Å². The molecular weight excluding hydrogens is 364 g/mol. The van der Waals surface area contributed by atoms with E-state index in [0.29, 0.717) is 18.1 Å². The third kappa shape index (κ3) is 3.87. The third-order valence-corrected chi connectivity index (χ3v) is 4.26. The summed E-state index contributed by atoms with van der Waals surface area (Å²) >= 11 is 0. The van der Waals surface area contributed by atoms with Crippen LogP contribution in [0.5, 0.6) is 0 Å². The summed E-state index contributed by atoms with van der Waals surface area (Å²) in [6, 6.07) is 23.8. The van der Waals surface area contributed by atoms with Crippen molar-refractivity contribution in [2.24, 2.45) is 0 Å². The molecule has 0 atom stereocenters. The smallest absolute Gasteiger partial charge is 0.282 e. The van der Waals surface area contributed by atoms with E-state index < -0.39 is 5.91 Å². The summed E-state index contributed by atoms with van der Waals surface area (Å²) in [7, 11) is 0. The molecule has 2 aromatic heterocycles. The minimum absolute atomic E-state index is 0.259. The fourth-order valence-corrected chi connectivity index (χ4v) is 2.83. The van der Waals surface area contributed by atoms with Crippen molar-refractivity contribution in [1.29, 1.82) is 5.26 Å². The number of nitrogens with one attached hydrogen (secondary N) is 1. The molecule has 7 nitrogen and oxygen atoms in total. The molecule has 0 saturated carbocycles. The van der Waals surface area contributed by atoms with Crippen LogP contribution in [0.3, 0.4) is 0 Å². The highest BCUT2D eigenvalue weighted by Crippen LogP contribution is 2.19. The molecule has 2 heterocycles. The van der Waals surface area contributed by atoms with Gasteiger partial charge in [-0.3, -0.25) is 9.78 Å². The lowest BCUT2D eigenvalue weighted by Crippen LogP contribution is -2.18. The summed E-state index contributed by atoms with van der Waals surface area (Å²) in [4.78, 5) is 21.9. The first-order valence-electron chi connectivity index (χ1n) is 8.96. The lowest BCUT2D eigenvalue weighted by molar-refractivity contribution is 0.0947. The average Bonchev–Trinajstić information content (AvgIpc) is 3.23. The van der Waals surface area contributed by atoms with Gasteiger partial charge in [-0.25, -0.2) is 0 Å². The molecular formula is C22H16N6O. The number of carbonyl (C=O) groups excluding carboxylic acids is 1. The second-order valence-corrected chi connectivity index (χ2v) is 6.19. The predicted molar refractivity (Wildman–Crippen MR) is 108 cm³/mol. The number of hydrogen-bond acceptors (Lipinski definition) is 6. The highest BCUT2D eigenvalue weighted by molar-refractivity contribution is 5.99. The van der Waals surface area contributed by atoms with E-state index in [-0.39, 0.29) is 17.1 Å². The molecule has 0 aliphatic heterocycles. The van der Waals surface area contributed by atoms with Crippen molar-refractivity contribution in [1.82, 2.24) is 19.7 Å². The van der Waals surface area contributed by atoms with Crippen molar-refractivity contribution >= 4 is 11.9 Å². The van der Waals surface area contributed by atoms with Gasteiger partial charge in [0, 0.05) is 12.7 Å². The number of benzene rings is 2. The normalized spacial score (nSPS) is 10.3. The summed E-state index contributed by atoms with van der Waals surface area (Å²) in [5.74, 6) is 0.170. The van der Waals surface area contributed by atoms with Gasteiger partial charge < -0.3 is 5.32 Å². The van der Waals surface area contributed by atoms with Gasteiger partial charge >= 0.3 is 0 Å². The number of nitrogens with zero attached hydrogens (tertiary/aromatic N) is 5. The molecule has 0 fully saturated rings. The zero-order valence-electron chi connectivity index (χ0n) is 15.4. The van der Waals surface area contributed by atoms with Gasteiger partial charge in [-0.1, -0.05) is 48.5 Å². The number of aromatic nitrogens is 4. The Balaban J connectivity index is 1.73. The Hall–Kier alpha value is -4.31. The summed E-state index contributed by atoms with van der Waals surface area (Å²) in [5, 5.41) is 16.9. The van der Waals surface area contributed by atoms with E-state index in [1.54, 1.807) is 42.6 Å². The fourth-order valence-electron chi connectivity index (χ4n) is 2.83. The van der Waals surface area contributed by atoms with Crippen LogP contribution in [0, 0.1) is 11.3 Å². The lowest BCUT2D eigenvalue weighted by atomic mass is 10.1. The molecule has 0 aliphatic rings. The molecule has 0 unspecified atom stereocenters. The van der Waals surface area contributed by atoms with Crippen LogP contribution in [0.4, 0.5) is 5.95 Å². The second kappa shape index (κ2) is 8.15. The highest BCUT2D eigenvalue weighted by Gasteiger charge is 2.21. The molecule has 0 radical (unpaired) electrons. The van der Waals surface area contributed by atoms with Crippen molar-refractivity contribution < 1.29 is 4.79 Å². The van der Waals surface area contributed by atoms with Crippen LogP contribution in [0.15, 0.2) is 79.0 Å². The molecule has 29 heavy (non-hydrogen) atoms. The Bertz CT molecular complexity index is 1180. The maximum absolute atomic E-state index is 13.2. The first kappa shape index (κ1) is 18.1. The topological polar surface area (TPSA) is 96.5 Å². The van der Waals surface area contributed by atoms with Crippen molar-refractivity contribution in [2.45, 2.75) is 6.54 Å². The molecule has 0 bridgehead atoms. The summed E-state index contributed by atoms with van der Waals surface area (Å²) in [5.41, 5.74) is 2.12. The number of pyridine rings is 1. The number of rotatable bonds is 5. The maximum Gasteiger partial charge on any atom is 0.282 e. The van der Waals surface area contributed by atoms with Crippen LogP contribution in [0.2, 0.25) is 0 Å². The molecule has 0 amide bonds. The van der Waals surface area contributed by atoms with Crippen LogP contribution < -0.4 is 5.32 Å². The Labute approximate surface area is 167 Å².